The molecule has 2 heterocycles. The van der Waals surface area contributed by atoms with Gasteiger partial charge >= 0.3 is 6.09 Å². The van der Waals surface area contributed by atoms with Crippen LogP contribution >= 0.6 is 0 Å². The molecule has 45 heavy (non-hydrogen) atoms. The molecule has 1 aliphatic carbocycles. The average Bonchev–Trinajstić information content (AvgIpc) is 3.51. The Labute approximate surface area is 269 Å². The van der Waals surface area contributed by atoms with Crippen LogP contribution in [0.2, 0.25) is 0 Å². The third-order valence-corrected chi connectivity index (χ3v) is 8.97. The summed E-state index contributed by atoms with van der Waals surface area (Å²) in [6.45, 7) is 15.9. The molecule has 0 N–H and O–H groups in total. The first-order valence-corrected chi connectivity index (χ1v) is 16.8. The van der Waals surface area contributed by atoms with E-state index in [2.05, 4.69) is 6.92 Å². The van der Waals surface area contributed by atoms with Crippen LogP contribution < -0.4 is 4.74 Å². The first kappa shape index (κ1) is 35.0. The van der Waals surface area contributed by atoms with Gasteiger partial charge in [-0.25, -0.2) is 4.79 Å². The van der Waals surface area contributed by atoms with Crippen LogP contribution in [0.15, 0.2) is 18.2 Å². The molecular formula is C35H55N3O7. The fourth-order valence-corrected chi connectivity index (χ4v) is 6.30. The van der Waals surface area contributed by atoms with Gasteiger partial charge in [-0.3, -0.25) is 9.59 Å². The second-order valence-corrected chi connectivity index (χ2v) is 14.1. The molecule has 0 radical (unpaired) electrons. The van der Waals surface area contributed by atoms with E-state index in [1.165, 1.54) is 0 Å². The number of hydrogen-bond donors (Lipinski definition) is 0. The lowest BCUT2D eigenvalue weighted by Gasteiger charge is -2.34. The lowest BCUT2D eigenvalue weighted by molar-refractivity contribution is -0.137. The first-order valence-electron chi connectivity index (χ1n) is 16.8. The number of aryl methyl sites for hydroxylation is 1. The molecule has 1 aromatic carbocycles. The van der Waals surface area contributed by atoms with Gasteiger partial charge in [0.1, 0.15) is 11.4 Å². The van der Waals surface area contributed by atoms with E-state index < -0.39 is 5.60 Å². The molecule has 2 aliphatic heterocycles. The van der Waals surface area contributed by atoms with Gasteiger partial charge in [0, 0.05) is 82.4 Å². The lowest BCUT2D eigenvalue weighted by atomic mass is 9.93. The third kappa shape index (κ3) is 9.58. The second-order valence-electron chi connectivity index (χ2n) is 14.1. The monoisotopic (exact) mass is 629 g/mol. The SMILES string of the molecule is CCc1ccc(C(=O)N(C[C@@H]2CN(C(=O)OC(C)(C)C)C[C@H]2CN(C(=O)[C@@H]2CCOC2)C2CC2)C(C)C)cc1OCCCOC. The van der Waals surface area contributed by atoms with Gasteiger partial charge in [-0.2, -0.15) is 0 Å². The molecule has 3 atom stereocenters. The zero-order valence-electron chi connectivity index (χ0n) is 28.5. The van der Waals surface area contributed by atoms with Crippen molar-refractivity contribution in [2.45, 2.75) is 91.3 Å². The Kier molecular flexibility index (Phi) is 12.2. The number of methoxy groups -OCH3 is 1. The molecule has 252 valence electrons. The van der Waals surface area contributed by atoms with Crippen molar-refractivity contribution < 1.29 is 33.3 Å². The van der Waals surface area contributed by atoms with Gasteiger partial charge < -0.3 is 33.6 Å². The van der Waals surface area contributed by atoms with E-state index in [0.29, 0.717) is 58.2 Å². The van der Waals surface area contributed by atoms with Crippen LogP contribution in [0.3, 0.4) is 0 Å². The number of rotatable bonds is 14. The van der Waals surface area contributed by atoms with E-state index in [4.69, 9.17) is 18.9 Å². The number of nitrogens with zero attached hydrogens (tertiary/aromatic N) is 3. The molecule has 0 aromatic heterocycles. The summed E-state index contributed by atoms with van der Waals surface area (Å²) in [4.78, 5) is 46.6. The highest BCUT2D eigenvalue weighted by Crippen LogP contribution is 2.35. The average molecular weight is 630 g/mol. The van der Waals surface area contributed by atoms with Crippen molar-refractivity contribution in [1.29, 1.82) is 0 Å². The molecule has 1 saturated carbocycles. The van der Waals surface area contributed by atoms with E-state index in [1.807, 2.05) is 62.6 Å². The van der Waals surface area contributed by atoms with E-state index in [9.17, 15) is 14.4 Å². The highest BCUT2D eigenvalue weighted by atomic mass is 16.6. The predicted octanol–water partition coefficient (Wildman–Crippen LogP) is 5.03. The van der Waals surface area contributed by atoms with Gasteiger partial charge in [0.15, 0.2) is 0 Å². The fourth-order valence-electron chi connectivity index (χ4n) is 6.30. The minimum Gasteiger partial charge on any atom is -0.493 e. The van der Waals surface area contributed by atoms with Crippen molar-refractivity contribution in [2.75, 3.05) is 59.7 Å². The summed E-state index contributed by atoms with van der Waals surface area (Å²) in [5.41, 5.74) is 1.02. The molecule has 1 aromatic rings. The molecule has 0 unspecified atom stereocenters. The largest absolute Gasteiger partial charge is 0.493 e. The molecule has 10 heteroatoms. The van der Waals surface area contributed by atoms with Crippen molar-refractivity contribution in [2.24, 2.45) is 17.8 Å². The normalized spacial score (nSPS) is 21.7. The number of ether oxygens (including phenoxy) is 4. The molecule has 0 bridgehead atoms. The van der Waals surface area contributed by atoms with Crippen LogP contribution in [0.25, 0.3) is 0 Å². The number of carbonyl (C=O) groups is 3. The van der Waals surface area contributed by atoms with Gasteiger partial charge in [-0.15, -0.1) is 0 Å². The molecule has 3 amide bonds. The Morgan fingerprint density at radius 1 is 1.04 bits per heavy atom. The van der Waals surface area contributed by atoms with E-state index >= 15 is 0 Å². The summed E-state index contributed by atoms with van der Waals surface area (Å²) >= 11 is 0. The van der Waals surface area contributed by atoms with Crippen molar-refractivity contribution >= 4 is 17.9 Å². The van der Waals surface area contributed by atoms with Crippen LogP contribution in [0, 0.1) is 17.8 Å². The van der Waals surface area contributed by atoms with Crippen molar-refractivity contribution in [3.05, 3.63) is 29.3 Å². The van der Waals surface area contributed by atoms with E-state index in [-0.39, 0.29) is 47.7 Å². The Morgan fingerprint density at radius 3 is 2.33 bits per heavy atom. The number of amides is 3. The minimum absolute atomic E-state index is 0.0144. The van der Waals surface area contributed by atoms with E-state index in [0.717, 1.165) is 43.4 Å². The molecule has 10 nitrogen and oxygen atoms in total. The zero-order chi connectivity index (χ0) is 32.7. The number of hydrogen-bond acceptors (Lipinski definition) is 7. The van der Waals surface area contributed by atoms with Gasteiger partial charge in [0.2, 0.25) is 5.91 Å². The second kappa shape index (κ2) is 15.6. The standard InChI is InChI=1S/C35H55N3O7/c1-8-25-10-11-26(18-31(25)44-16-9-15-42-7)32(39)37(24(2)3)21-28-19-36(34(41)45-35(4,5)6)20-29(28)22-38(30-12-13-30)33(40)27-14-17-43-23-27/h10-11,18,24,27-30H,8-9,12-17,19-23H2,1-7H3/t27-,28+,29+/m1/s1. The number of carbonyl (C=O) groups excluding carboxylic acids is 3. The Bertz CT molecular complexity index is 1160. The summed E-state index contributed by atoms with van der Waals surface area (Å²) in [5.74, 6) is 0.723. The quantitative estimate of drug-likeness (QED) is 0.267. The summed E-state index contributed by atoms with van der Waals surface area (Å²) in [6.07, 6.45) is 3.98. The highest BCUT2D eigenvalue weighted by Gasteiger charge is 2.44. The summed E-state index contributed by atoms with van der Waals surface area (Å²) in [6, 6.07) is 5.90. The zero-order valence-corrected chi connectivity index (χ0v) is 28.5. The Hall–Kier alpha value is -2.85. The van der Waals surface area contributed by atoms with Crippen molar-refractivity contribution in [1.82, 2.24) is 14.7 Å². The van der Waals surface area contributed by atoms with Gasteiger partial charge in [-0.05, 0) is 78.0 Å². The fraction of sp³-hybridized carbons (Fsp3) is 0.743. The predicted molar refractivity (Wildman–Crippen MR) is 172 cm³/mol. The molecule has 3 aliphatic rings. The first-order chi connectivity index (χ1) is 21.4. The summed E-state index contributed by atoms with van der Waals surface area (Å²) in [5, 5.41) is 0. The molecule has 2 saturated heterocycles. The topological polar surface area (TPSA) is 97.9 Å². The van der Waals surface area contributed by atoms with Crippen LogP contribution in [0.4, 0.5) is 4.79 Å². The van der Waals surface area contributed by atoms with Crippen molar-refractivity contribution in [3.63, 3.8) is 0 Å². The Balaban J connectivity index is 1.55. The van der Waals surface area contributed by atoms with Crippen LogP contribution in [-0.2, 0) is 25.4 Å². The van der Waals surface area contributed by atoms with Gasteiger partial charge in [0.05, 0.1) is 19.1 Å². The molecule has 3 fully saturated rings. The van der Waals surface area contributed by atoms with Crippen molar-refractivity contribution in [3.8, 4) is 5.75 Å². The number of benzene rings is 1. The molecule has 4 rings (SSSR count). The van der Waals surface area contributed by atoms with Crippen LogP contribution in [0.5, 0.6) is 5.75 Å². The molecule has 0 spiro atoms. The smallest absolute Gasteiger partial charge is 0.410 e. The maximum atomic E-state index is 14.1. The van der Waals surface area contributed by atoms with Gasteiger partial charge in [0.25, 0.3) is 5.91 Å². The summed E-state index contributed by atoms with van der Waals surface area (Å²) < 4.78 is 22.5. The third-order valence-electron chi connectivity index (χ3n) is 8.97. The minimum atomic E-state index is -0.614. The van der Waals surface area contributed by atoms with Crippen LogP contribution in [0.1, 0.15) is 83.1 Å². The highest BCUT2D eigenvalue weighted by molar-refractivity contribution is 5.95. The van der Waals surface area contributed by atoms with Gasteiger partial charge in [-0.1, -0.05) is 13.0 Å². The van der Waals surface area contributed by atoms with E-state index in [1.54, 1.807) is 12.0 Å². The maximum Gasteiger partial charge on any atom is 0.410 e. The molecular weight excluding hydrogens is 574 g/mol. The summed E-state index contributed by atoms with van der Waals surface area (Å²) in [7, 11) is 1.67. The maximum absolute atomic E-state index is 14.1. The number of likely N-dealkylation sites (tertiary alicyclic amines) is 1. The van der Waals surface area contributed by atoms with Crippen LogP contribution in [-0.4, -0.2) is 110 Å². The Morgan fingerprint density at radius 2 is 1.76 bits per heavy atom. The lowest BCUT2D eigenvalue weighted by Crippen LogP contribution is -2.46.